The van der Waals surface area contributed by atoms with Crippen LogP contribution in [0.2, 0.25) is 0 Å². The van der Waals surface area contributed by atoms with Gasteiger partial charge in [-0.05, 0) is 33.2 Å². The van der Waals surface area contributed by atoms with Gasteiger partial charge in [-0.25, -0.2) is 9.97 Å². The van der Waals surface area contributed by atoms with E-state index in [0.29, 0.717) is 5.92 Å². The largest absolute Gasteiger partial charge is 0.313 e. The average Bonchev–Trinajstić information content (AvgIpc) is 2.66. The topological polar surface area (TPSA) is 37.8 Å². The van der Waals surface area contributed by atoms with E-state index in [1.54, 1.807) is 0 Å². The summed E-state index contributed by atoms with van der Waals surface area (Å²) in [6.45, 7) is 8.26. The van der Waals surface area contributed by atoms with Gasteiger partial charge in [0.05, 0.1) is 0 Å². The zero-order valence-corrected chi connectivity index (χ0v) is 12.6. The van der Waals surface area contributed by atoms with Gasteiger partial charge >= 0.3 is 0 Å². The van der Waals surface area contributed by atoms with Gasteiger partial charge in [0.15, 0.2) is 0 Å². The van der Waals surface area contributed by atoms with Gasteiger partial charge in [0, 0.05) is 29.4 Å². The summed E-state index contributed by atoms with van der Waals surface area (Å²) in [5.41, 5.74) is 3.60. The molecule has 2 rings (SSSR count). The number of aromatic nitrogens is 2. The smallest absolute Gasteiger partial charge is 0.131 e. The maximum Gasteiger partial charge on any atom is 0.131 e. The molecule has 3 heteroatoms. The second-order valence-electron chi connectivity index (χ2n) is 5.70. The summed E-state index contributed by atoms with van der Waals surface area (Å²) in [7, 11) is 0. The van der Waals surface area contributed by atoms with Crippen LogP contribution in [-0.2, 0) is 6.54 Å². The first-order valence-electron chi connectivity index (χ1n) is 7.77. The van der Waals surface area contributed by atoms with Crippen LogP contribution in [0.5, 0.6) is 0 Å². The molecule has 0 aromatic carbocycles. The number of hydrogen-bond acceptors (Lipinski definition) is 3. The molecule has 0 atom stereocenters. The van der Waals surface area contributed by atoms with Crippen molar-refractivity contribution in [1.82, 2.24) is 15.3 Å². The summed E-state index contributed by atoms with van der Waals surface area (Å²) < 4.78 is 0. The van der Waals surface area contributed by atoms with Gasteiger partial charge in [-0.3, -0.25) is 0 Å². The molecule has 1 aromatic heterocycles. The average molecular weight is 261 g/mol. The number of nitrogens with zero attached hydrogens (tertiary/aromatic N) is 2. The lowest BCUT2D eigenvalue weighted by molar-refractivity contribution is 0.554. The third-order valence-corrected chi connectivity index (χ3v) is 4.21. The summed E-state index contributed by atoms with van der Waals surface area (Å²) in [6, 6.07) is 0. The van der Waals surface area contributed by atoms with Crippen molar-refractivity contribution in [3.05, 3.63) is 22.8 Å². The molecule has 0 unspecified atom stereocenters. The Kier molecular flexibility index (Phi) is 5.32. The van der Waals surface area contributed by atoms with Gasteiger partial charge in [0.25, 0.3) is 0 Å². The fourth-order valence-electron chi connectivity index (χ4n) is 2.99. The highest BCUT2D eigenvalue weighted by atomic mass is 14.9. The molecular weight excluding hydrogens is 234 g/mol. The van der Waals surface area contributed by atoms with E-state index in [1.807, 2.05) is 0 Å². The molecule has 1 aromatic rings. The molecule has 1 aliphatic rings. The lowest BCUT2D eigenvalue weighted by Crippen LogP contribution is -2.17. The normalized spacial score (nSPS) is 17.4. The lowest BCUT2D eigenvalue weighted by atomic mass is 9.99. The van der Waals surface area contributed by atoms with Gasteiger partial charge in [0.1, 0.15) is 5.82 Å². The van der Waals surface area contributed by atoms with E-state index in [1.165, 1.54) is 44.1 Å². The summed E-state index contributed by atoms with van der Waals surface area (Å²) in [6.07, 6.45) is 7.98. The summed E-state index contributed by atoms with van der Waals surface area (Å²) in [4.78, 5) is 9.60. The van der Waals surface area contributed by atoms with Crippen molar-refractivity contribution in [1.29, 1.82) is 0 Å². The quantitative estimate of drug-likeness (QED) is 0.841. The maximum absolute atomic E-state index is 4.80. The molecule has 0 radical (unpaired) electrons. The van der Waals surface area contributed by atoms with Crippen LogP contribution in [0.3, 0.4) is 0 Å². The van der Waals surface area contributed by atoms with E-state index in [9.17, 15) is 0 Å². The Bertz CT molecular complexity index is 383. The Balaban J connectivity index is 2.18. The van der Waals surface area contributed by atoms with Crippen LogP contribution in [0.4, 0.5) is 0 Å². The summed E-state index contributed by atoms with van der Waals surface area (Å²) >= 11 is 0. The van der Waals surface area contributed by atoms with Crippen molar-refractivity contribution in [2.45, 2.75) is 71.8 Å². The first-order chi connectivity index (χ1) is 9.22. The van der Waals surface area contributed by atoms with Gasteiger partial charge in [-0.1, -0.05) is 32.6 Å². The lowest BCUT2D eigenvalue weighted by Gasteiger charge is -2.16. The van der Waals surface area contributed by atoms with Gasteiger partial charge in [-0.15, -0.1) is 0 Å². The van der Waals surface area contributed by atoms with Crippen LogP contribution in [0.15, 0.2) is 0 Å². The molecule has 0 amide bonds. The fourth-order valence-corrected chi connectivity index (χ4v) is 2.99. The highest BCUT2D eigenvalue weighted by molar-refractivity contribution is 5.25. The van der Waals surface area contributed by atoms with Gasteiger partial charge < -0.3 is 5.32 Å². The van der Waals surface area contributed by atoms with Crippen molar-refractivity contribution >= 4 is 0 Å². The molecule has 106 valence electrons. The van der Waals surface area contributed by atoms with Crippen LogP contribution < -0.4 is 5.32 Å². The third kappa shape index (κ3) is 3.75. The zero-order chi connectivity index (χ0) is 13.7. The monoisotopic (exact) mass is 261 g/mol. The molecule has 1 aliphatic carbocycles. The summed E-state index contributed by atoms with van der Waals surface area (Å²) in [5.74, 6) is 1.69. The minimum absolute atomic E-state index is 0.591. The first-order valence-corrected chi connectivity index (χ1v) is 7.77. The second kappa shape index (κ2) is 6.99. The van der Waals surface area contributed by atoms with Crippen molar-refractivity contribution < 1.29 is 0 Å². The molecule has 3 nitrogen and oxygen atoms in total. The first kappa shape index (κ1) is 14.4. The Morgan fingerprint density at radius 1 is 1.00 bits per heavy atom. The van der Waals surface area contributed by atoms with Crippen molar-refractivity contribution in [3.8, 4) is 0 Å². The SMILES string of the molecule is CCNCc1c(C)nc(C2CCCCCC2)nc1C. The fraction of sp³-hybridized carbons (Fsp3) is 0.750. The Morgan fingerprint density at radius 3 is 2.11 bits per heavy atom. The van der Waals surface area contributed by atoms with Gasteiger partial charge in [-0.2, -0.15) is 0 Å². The van der Waals surface area contributed by atoms with E-state index in [0.717, 1.165) is 30.3 Å². The Labute approximate surface area is 117 Å². The predicted octanol–water partition coefficient (Wildman–Crippen LogP) is 3.64. The van der Waals surface area contributed by atoms with Crippen molar-refractivity contribution in [2.24, 2.45) is 0 Å². The van der Waals surface area contributed by atoms with E-state index < -0.39 is 0 Å². The van der Waals surface area contributed by atoms with Gasteiger partial charge in [0.2, 0.25) is 0 Å². The van der Waals surface area contributed by atoms with Crippen LogP contribution in [0, 0.1) is 13.8 Å². The Hall–Kier alpha value is -0.960. The van der Waals surface area contributed by atoms with Crippen LogP contribution in [0.1, 0.15) is 74.1 Å². The molecule has 0 saturated heterocycles. The zero-order valence-electron chi connectivity index (χ0n) is 12.6. The van der Waals surface area contributed by atoms with Crippen molar-refractivity contribution in [3.63, 3.8) is 0 Å². The second-order valence-corrected chi connectivity index (χ2v) is 5.70. The number of hydrogen-bond donors (Lipinski definition) is 1. The highest BCUT2D eigenvalue weighted by Gasteiger charge is 2.19. The van der Waals surface area contributed by atoms with E-state index in [4.69, 9.17) is 9.97 Å². The van der Waals surface area contributed by atoms with E-state index in [2.05, 4.69) is 26.1 Å². The minimum atomic E-state index is 0.591. The predicted molar refractivity (Wildman–Crippen MR) is 79.3 cm³/mol. The van der Waals surface area contributed by atoms with E-state index >= 15 is 0 Å². The summed E-state index contributed by atoms with van der Waals surface area (Å²) in [5, 5.41) is 3.38. The number of aryl methyl sites for hydroxylation is 2. The van der Waals surface area contributed by atoms with Crippen LogP contribution in [0.25, 0.3) is 0 Å². The molecule has 1 fully saturated rings. The highest BCUT2D eigenvalue weighted by Crippen LogP contribution is 2.30. The molecule has 0 spiro atoms. The molecule has 19 heavy (non-hydrogen) atoms. The van der Waals surface area contributed by atoms with Crippen LogP contribution >= 0.6 is 0 Å². The minimum Gasteiger partial charge on any atom is -0.313 e. The van der Waals surface area contributed by atoms with Crippen LogP contribution in [-0.4, -0.2) is 16.5 Å². The molecular formula is C16H27N3. The molecule has 1 saturated carbocycles. The number of nitrogens with one attached hydrogen (secondary N) is 1. The Morgan fingerprint density at radius 2 is 1.58 bits per heavy atom. The maximum atomic E-state index is 4.80. The third-order valence-electron chi connectivity index (χ3n) is 4.21. The van der Waals surface area contributed by atoms with Crippen molar-refractivity contribution in [2.75, 3.05) is 6.54 Å². The number of rotatable bonds is 4. The molecule has 1 N–H and O–H groups in total. The van der Waals surface area contributed by atoms with E-state index in [-0.39, 0.29) is 0 Å². The molecule has 0 aliphatic heterocycles. The molecule has 0 bridgehead atoms. The molecule has 1 heterocycles. The standard InChI is InChI=1S/C16H27N3/c1-4-17-11-15-12(2)18-16(19-13(15)3)14-9-7-5-6-8-10-14/h14,17H,4-11H2,1-3H3.